The second-order valence-corrected chi connectivity index (χ2v) is 10.4. The van der Waals surface area contributed by atoms with E-state index in [9.17, 15) is 14.9 Å². The molecule has 10 nitrogen and oxygen atoms in total. The molecular weight excluding hydrogens is 496 g/mol. The molecule has 0 bridgehead atoms. The molecule has 0 unspecified atom stereocenters. The van der Waals surface area contributed by atoms with Gasteiger partial charge in [-0.2, -0.15) is 5.26 Å². The number of furan rings is 1. The largest absolute Gasteiger partial charge is 0.494 e. The second kappa shape index (κ2) is 10.4. The van der Waals surface area contributed by atoms with Crippen molar-refractivity contribution in [3.63, 3.8) is 0 Å². The third kappa shape index (κ3) is 5.18. The molecule has 5 rings (SSSR count). The summed E-state index contributed by atoms with van der Waals surface area (Å²) in [6.45, 7) is 0. The fraction of sp³-hybridized carbons (Fsp3) is 0.379. The van der Waals surface area contributed by atoms with Crippen molar-refractivity contribution in [2.45, 2.75) is 62.4 Å². The molecule has 2 saturated carbocycles. The Hall–Kier alpha value is -4.36. The van der Waals surface area contributed by atoms with Crippen molar-refractivity contribution in [2.24, 2.45) is 5.84 Å². The zero-order valence-electron chi connectivity index (χ0n) is 21.9. The van der Waals surface area contributed by atoms with Gasteiger partial charge in [-0.05, 0) is 61.1 Å². The van der Waals surface area contributed by atoms with Crippen molar-refractivity contribution in [3.8, 4) is 22.9 Å². The number of nitrogens with zero attached hydrogens (tertiary/aromatic N) is 2. The van der Waals surface area contributed by atoms with E-state index in [4.69, 9.17) is 20.4 Å². The van der Waals surface area contributed by atoms with E-state index in [1.807, 2.05) is 30.3 Å². The van der Waals surface area contributed by atoms with Crippen LogP contribution in [0.4, 0.5) is 5.69 Å². The van der Waals surface area contributed by atoms with E-state index in [-0.39, 0.29) is 11.7 Å². The third-order valence-corrected chi connectivity index (χ3v) is 7.74. The summed E-state index contributed by atoms with van der Waals surface area (Å²) in [5.74, 6) is 5.72. The highest BCUT2D eigenvalue weighted by molar-refractivity contribution is 6.01. The first-order valence-electron chi connectivity index (χ1n) is 13.1. The Bertz CT molecular complexity index is 1460. The predicted octanol–water partition coefficient (Wildman–Crippen LogP) is 4.39. The van der Waals surface area contributed by atoms with E-state index < -0.39 is 17.0 Å². The molecule has 0 spiro atoms. The molecular formula is C29H32N6O4. The molecule has 2 amide bonds. The maximum atomic E-state index is 13.4. The summed E-state index contributed by atoms with van der Waals surface area (Å²) in [5.41, 5.74) is 0.890. The number of nitrogens with two attached hydrogens (primary N) is 1. The van der Waals surface area contributed by atoms with Crippen molar-refractivity contribution in [2.75, 3.05) is 12.1 Å². The summed E-state index contributed by atoms with van der Waals surface area (Å²) in [5, 5.41) is 24.7. The first-order valence-corrected chi connectivity index (χ1v) is 13.1. The van der Waals surface area contributed by atoms with Gasteiger partial charge < -0.3 is 19.8 Å². The molecule has 3 aromatic rings. The van der Waals surface area contributed by atoms with E-state index in [1.54, 1.807) is 12.1 Å². The number of hydrazine groups is 1. The Kier molecular flexibility index (Phi) is 7.02. The number of rotatable bonds is 8. The number of nitriles is 1. The van der Waals surface area contributed by atoms with Crippen molar-refractivity contribution in [1.82, 2.24) is 10.6 Å². The lowest BCUT2D eigenvalue weighted by atomic mass is 9.88. The SMILES string of the molecule is COc1cc(-c2ccc3cc(C(=O)NC4(C(=O)NC5(C#N)CC5)CCCCCC4)oc3c2)ccc1N(N)C=N. The summed E-state index contributed by atoms with van der Waals surface area (Å²) < 4.78 is 11.4. The van der Waals surface area contributed by atoms with Gasteiger partial charge in [0, 0.05) is 5.39 Å². The number of ether oxygens (including phenoxy) is 1. The zero-order valence-corrected chi connectivity index (χ0v) is 21.9. The molecule has 1 aromatic heterocycles. The number of carbonyl (C=O) groups excluding carboxylic acids is 2. The molecule has 0 saturated heterocycles. The van der Waals surface area contributed by atoms with E-state index in [0.29, 0.717) is 42.7 Å². The maximum Gasteiger partial charge on any atom is 0.287 e. The van der Waals surface area contributed by atoms with Crippen molar-refractivity contribution in [1.29, 1.82) is 10.7 Å². The van der Waals surface area contributed by atoms with Gasteiger partial charge in [0.1, 0.15) is 34.4 Å². The molecule has 39 heavy (non-hydrogen) atoms. The van der Waals surface area contributed by atoms with Crippen LogP contribution in [0.1, 0.15) is 61.9 Å². The molecule has 10 heteroatoms. The average molecular weight is 529 g/mol. The minimum absolute atomic E-state index is 0.123. The topological polar surface area (TPSA) is 157 Å². The maximum absolute atomic E-state index is 13.4. The smallest absolute Gasteiger partial charge is 0.287 e. The molecule has 0 atom stereocenters. The van der Waals surface area contributed by atoms with Crippen molar-refractivity contribution in [3.05, 3.63) is 48.2 Å². The number of nitrogens with one attached hydrogen (secondary N) is 3. The monoisotopic (exact) mass is 528 g/mol. The molecule has 2 fully saturated rings. The Morgan fingerprint density at radius 1 is 1.05 bits per heavy atom. The summed E-state index contributed by atoms with van der Waals surface area (Å²) in [6, 6.07) is 15.0. The lowest BCUT2D eigenvalue weighted by Crippen LogP contribution is -2.60. The third-order valence-electron chi connectivity index (χ3n) is 7.74. The average Bonchev–Trinajstić information content (AvgIpc) is 3.66. The van der Waals surface area contributed by atoms with Crippen LogP contribution in [0.15, 0.2) is 46.9 Å². The molecule has 2 aliphatic carbocycles. The van der Waals surface area contributed by atoms with Gasteiger partial charge in [0.2, 0.25) is 5.91 Å². The van der Waals surface area contributed by atoms with Crippen LogP contribution in [0.3, 0.4) is 0 Å². The minimum Gasteiger partial charge on any atom is -0.494 e. The van der Waals surface area contributed by atoms with Gasteiger partial charge in [-0.15, -0.1) is 0 Å². The summed E-state index contributed by atoms with van der Waals surface area (Å²) in [6.07, 6.45) is 6.94. The number of anilines is 1. The first kappa shape index (κ1) is 26.3. The number of carbonyl (C=O) groups is 2. The molecule has 5 N–H and O–H groups in total. The zero-order chi connectivity index (χ0) is 27.6. The van der Waals surface area contributed by atoms with Gasteiger partial charge in [-0.25, -0.2) is 5.84 Å². The molecule has 2 aliphatic rings. The molecule has 0 radical (unpaired) electrons. The summed E-state index contributed by atoms with van der Waals surface area (Å²) in [7, 11) is 1.53. The Balaban J connectivity index is 1.40. The van der Waals surface area contributed by atoms with Crippen LogP contribution in [0, 0.1) is 16.7 Å². The highest BCUT2D eigenvalue weighted by atomic mass is 16.5. The van der Waals surface area contributed by atoms with Gasteiger partial charge in [-0.3, -0.25) is 20.0 Å². The highest BCUT2D eigenvalue weighted by Gasteiger charge is 2.49. The van der Waals surface area contributed by atoms with E-state index in [2.05, 4.69) is 16.7 Å². The van der Waals surface area contributed by atoms with Crippen LogP contribution >= 0.6 is 0 Å². The van der Waals surface area contributed by atoms with Gasteiger partial charge in [0.05, 0.1) is 13.2 Å². The fourth-order valence-corrected chi connectivity index (χ4v) is 5.21. The van der Waals surface area contributed by atoms with Gasteiger partial charge >= 0.3 is 0 Å². The molecule has 0 aliphatic heterocycles. The Morgan fingerprint density at radius 2 is 1.74 bits per heavy atom. The number of amides is 2. The van der Waals surface area contributed by atoms with Crippen LogP contribution in [-0.4, -0.2) is 36.3 Å². The molecule has 1 heterocycles. The standard InChI is InChI=1S/C29H32N6O4/c1-38-24-15-20(8-9-22(24)35(32)18-31)19-6-7-21-16-25(39-23(21)14-19)26(36)33-29(10-4-2-3-5-11-29)27(37)34-28(17-30)12-13-28/h6-9,14-16,18,31H,2-5,10-13,32H2,1H3,(H,33,36)(H,34,37). The van der Waals surface area contributed by atoms with Crippen molar-refractivity contribution < 1.29 is 18.7 Å². The lowest BCUT2D eigenvalue weighted by Gasteiger charge is -2.33. The number of hydrogen-bond acceptors (Lipinski definition) is 7. The number of fused-ring (bicyclic) bond motifs is 1. The van der Waals surface area contributed by atoms with Crippen LogP contribution in [0.25, 0.3) is 22.1 Å². The van der Waals surface area contributed by atoms with Crippen LogP contribution in [0.2, 0.25) is 0 Å². The Labute approximate surface area is 226 Å². The van der Waals surface area contributed by atoms with Crippen LogP contribution < -0.4 is 26.2 Å². The first-order chi connectivity index (χ1) is 18.8. The van der Waals surface area contributed by atoms with Gasteiger partial charge in [-0.1, -0.05) is 43.9 Å². The predicted molar refractivity (Wildman–Crippen MR) is 147 cm³/mol. The lowest BCUT2D eigenvalue weighted by molar-refractivity contribution is -0.128. The second-order valence-electron chi connectivity index (χ2n) is 10.4. The summed E-state index contributed by atoms with van der Waals surface area (Å²) in [4.78, 5) is 26.8. The number of methoxy groups -OCH3 is 1. The van der Waals surface area contributed by atoms with Crippen LogP contribution in [0.5, 0.6) is 5.75 Å². The van der Waals surface area contributed by atoms with E-state index >= 15 is 0 Å². The highest BCUT2D eigenvalue weighted by Crippen LogP contribution is 2.37. The molecule has 2 aromatic carbocycles. The van der Waals surface area contributed by atoms with Crippen molar-refractivity contribution >= 4 is 34.8 Å². The van der Waals surface area contributed by atoms with E-state index in [1.165, 1.54) is 7.11 Å². The minimum atomic E-state index is -1.07. The fourth-order valence-electron chi connectivity index (χ4n) is 5.21. The van der Waals surface area contributed by atoms with Gasteiger partial charge in [0.15, 0.2) is 5.76 Å². The number of benzene rings is 2. The summed E-state index contributed by atoms with van der Waals surface area (Å²) >= 11 is 0. The van der Waals surface area contributed by atoms with Gasteiger partial charge in [0.25, 0.3) is 5.91 Å². The molecule has 202 valence electrons. The normalized spacial score (nSPS) is 17.4. The quantitative estimate of drug-likeness (QED) is 0.111. The number of hydrogen-bond donors (Lipinski definition) is 4. The Morgan fingerprint density at radius 3 is 2.38 bits per heavy atom. The van der Waals surface area contributed by atoms with E-state index in [0.717, 1.165) is 53.5 Å². The van der Waals surface area contributed by atoms with Crippen LogP contribution in [-0.2, 0) is 4.79 Å².